The second-order valence-electron chi connectivity index (χ2n) is 3.96. The van der Waals surface area contributed by atoms with Gasteiger partial charge in [0.1, 0.15) is 12.4 Å². The van der Waals surface area contributed by atoms with E-state index in [4.69, 9.17) is 4.74 Å². The number of anilines is 1. The molecule has 1 amide bonds. The molecule has 0 aliphatic carbocycles. The van der Waals surface area contributed by atoms with E-state index in [2.05, 4.69) is 0 Å². The number of amides is 1. The Kier molecular flexibility index (Phi) is 3.19. The van der Waals surface area contributed by atoms with Gasteiger partial charge in [-0.15, -0.1) is 0 Å². The van der Waals surface area contributed by atoms with Crippen LogP contribution >= 0.6 is 0 Å². The van der Waals surface area contributed by atoms with Crippen molar-refractivity contribution in [2.24, 2.45) is 0 Å². The van der Waals surface area contributed by atoms with Crippen molar-refractivity contribution >= 4 is 11.6 Å². The summed E-state index contributed by atoms with van der Waals surface area (Å²) >= 11 is 0. The number of carbonyl (C=O) groups excluding carboxylic acids is 1. The molecule has 2 rings (SSSR count). The summed E-state index contributed by atoms with van der Waals surface area (Å²) in [5.74, 6) is -1.53. The Balaban J connectivity index is 2.40. The number of nitrogens with zero attached hydrogens (tertiary/aromatic N) is 1. The largest absolute Gasteiger partial charge is 0.490 e. The zero-order valence-electron chi connectivity index (χ0n) is 9.75. The third-order valence-electron chi connectivity index (χ3n) is 2.78. The summed E-state index contributed by atoms with van der Waals surface area (Å²) in [4.78, 5) is 12.1. The molecule has 1 heterocycles. The molecule has 0 saturated heterocycles. The minimum absolute atomic E-state index is 0.0697. The Hall–Kier alpha value is -1.72. The minimum atomic E-state index is -4.86. The van der Waals surface area contributed by atoms with Gasteiger partial charge in [-0.2, -0.15) is 13.2 Å². The van der Waals surface area contributed by atoms with E-state index in [0.717, 1.165) is 10.5 Å². The van der Waals surface area contributed by atoms with Crippen molar-refractivity contribution in [3.8, 4) is 5.75 Å². The van der Waals surface area contributed by atoms with Gasteiger partial charge in [-0.1, -0.05) is 13.0 Å². The van der Waals surface area contributed by atoms with Crippen molar-refractivity contribution in [1.82, 2.24) is 0 Å². The van der Waals surface area contributed by atoms with Crippen LogP contribution in [0, 0.1) is 0 Å². The molecule has 0 saturated carbocycles. The van der Waals surface area contributed by atoms with Gasteiger partial charge >= 0.3 is 12.1 Å². The number of carbonyl (C=O) groups is 1. The third kappa shape index (κ3) is 2.27. The summed E-state index contributed by atoms with van der Waals surface area (Å²) in [5.41, 5.74) is 1.06. The van der Waals surface area contributed by atoms with E-state index in [0.29, 0.717) is 12.2 Å². The monoisotopic (exact) mass is 259 g/mol. The lowest BCUT2D eigenvalue weighted by molar-refractivity contribution is -0.170. The van der Waals surface area contributed by atoms with Crippen molar-refractivity contribution in [2.45, 2.75) is 19.5 Å². The van der Waals surface area contributed by atoms with E-state index in [1.807, 2.05) is 6.92 Å². The van der Waals surface area contributed by atoms with Crippen LogP contribution in [0.3, 0.4) is 0 Å². The van der Waals surface area contributed by atoms with Gasteiger partial charge in [-0.25, -0.2) is 0 Å². The molecule has 0 spiro atoms. The first-order valence-corrected chi connectivity index (χ1v) is 5.58. The van der Waals surface area contributed by atoms with Crippen molar-refractivity contribution in [1.29, 1.82) is 0 Å². The fourth-order valence-electron chi connectivity index (χ4n) is 1.85. The summed E-state index contributed by atoms with van der Waals surface area (Å²) in [6.07, 6.45) is -4.18. The number of ether oxygens (including phenoxy) is 1. The molecule has 0 radical (unpaired) electrons. The summed E-state index contributed by atoms with van der Waals surface area (Å²) in [5, 5.41) is 0. The molecular weight excluding hydrogens is 247 g/mol. The maximum atomic E-state index is 12.5. The Morgan fingerprint density at radius 2 is 2.17 bits per heavy atom. The van der Waals surface area contributed by atoms with Gasteiger partial charge in [0.2, 0.25) is 0 Å². The van der Waals surface area contributed by atoms with Crippen LogP contribution in [0.25, 0.3) is 0 Å². The first-order chi connectivity index (χ1) is 8.43. The molecule has 0 unspecified atom stereocenters. The van der Waals surface area contributed by atoms with Crippen molar-refractivity contribution in [3.63, 3.8) is 0 Å². The topological polar surface area (TPSA) is 29.5 Å². The number of hydrogen-bond donors (Lipinski definition) is 0. The highest BCUT2D eigenvalue weighted by molar-refractivity contribution is 5.99. The zero-order valence-corrected chi connectivity index (χ0v) is 9.75. The van der Waals surface area contributed by atoms with Crippen LogP contribution in [0.5, 0.6) is 5.75 Å². The van der Waals surface area contributed by atoms with Crippen molar-refractivity contribution < 1.29 is 22.7 Å². The van der Waals surface area contributed by atoms with Crippen molar-refractivity contribution in [2.75, 3.05) is 18.1 Å². The normalized spacial score (nSPS) is 15.0. The Bertz CT molecular complexity index is 471. The second-order valence-corrected chi connectivity index (χ2v) is 3.96. The van der Waals surface area contributed by atoms with Crippen LogP contribution < -0.4 is 9.64 Å². The van der Waals surface area contributed by atoms with Crippen LogP contribution in [0.15, 0.2) is 18.2 Å². The highest BCUT2D eigenvalue weighted by atomic mass is 19.4. The fourth-order valence-corrected chi connectivity index (χ4v) is 1.85. The third-order valence-corrected chi connectivity index (χ3v) is 2.78. The molecular formula is C12H12F3NO2. The van der Waals surface area contributed by atoms with E-state index >= 15 is 0 Å². The highest BCUT2D eigenvalue weighted by Gasteiger charge is 2.44. The number of halogens is 3. The van der Waals surface area contributed by atoms with E-state index < -0.39 is 12.1 Å². The van der Waals surface area contributed by atoms with E-state index in [9.17, 15) is 18.0 Å². The average Bonchev–Trinajstić information content (AvgIpc) is 2.35. The molecule has 1 aromatic carbocycles. The quantitative estimate of drug-likeness (QED) is 0.775. The molecule has 18 heavy (non-hydrogen) atoms. The number of fused-ring (bicyclic) bond motifs is 1. The zero-order chi connectivity index (χ0) is 13.3. The summed E-state index contributed by atoms with van der Waals surface area (Å²) in [7, 11) is 0. The first kappa shape index (κ1) is 12.7. The molecule has 0 aromatic heterocycles. The van der Waals surface area contributed by atoms with Crippen LogP contribution in [-0.2, 0) is 11.2 Å². The van der Waals surface area contributed by atoms with Gasteiger partial charge in [-0.05, 0) is 24.1 Å². The molecule has 0 fully saturated rings. The molecule has 6 heteroatoms. The van der Waals surface area contributed by atoms with Gasteiger partial charge in [0.15, 0.2) is 0 Å². The molecule has 98 valence electrons. The highest BCUT2D eigenvalue weighted by Crippen LogP contribution is 2.35. The van der Waals surface area contributed by atoms with Crippen molar-refractivity contribution in [3.05, 3.63) is 23.8 Å². The number of aryl methyl sites for hydroxylation is 1. The smallest absolute Gasteiger partial charge is 0.471 e. The number of alkyl halides is 3. The standard InChI is InChI=1S/C12H12F3NO2/c1-2-8-3-4-10-9(7-8)16(5-6-18-10)11(17)12(13,14)15/h3-4,7H,2,5-6H2,1H3. The molecule has 3 nitrogen and oxygen atoms in total. The molecule has 0 bridgehead atoms. The average molecular weight is 259 g/mol. The second kappa shape index (κ2) is 4.51. The molecule has 1 aromatic rings. The maximum Gasteiger partial charge on any atom is 0.471 e. The molecule has 1 aliphatic rings. The molecule has 0 N–H and O–H groups in total. The van der Waals surface area contributed by atoms with Crippen LogP contribution in [0.1, 0.15) is 12.5 Å². The van der Waals surface area contributed by atoms with Crippen LogP contribution in [0.2, 0.25) is 0 Å². The predicted octanol–water partition coefficient (Wildman–Crippen LogP) is 2.54. The van der Waals surface area contributed by atoms with Gasteiger partial charge in [0, 0.05) is 0 Å². The lowest BCUT2D eigenvalue weighted by atomic mass is 10.1. The fraction of sp³-hybridized carbons (Fsp3) is 0.417. The number of benzene rings is 1. The Morgan fingerprint density at radius 3 is 2.78 bits per heavy atom. The van der Waals surface area contributed by atoms with Gasteiger partial charge in [0.05, 0.1) is 12.2 Å². The predicted molar refractivity (Wildman–Crippen MR) is 59.7 cm³/mol. The lowest BCUT2D eigenvalue weighted by Crippen LogP contribution is -2.45. The maximum absolute atomic E-state index is 12.5. The van der Waals surface area contributed by atoms with E-state index in [1.165, 1.54) is 0 Å². The van der Waals surface area contributed by atoms with Crippen LogP contribution in [0.4, 0.5) is 18.9 Å². The molecule has 0 atom stereocenters. The minimum Gasteiger partial charge on any atom is -0.490 e. The number of rotatable bonds is 1. The summed E-state index contributed by atoms with van der Waals surface area (Å²) in [6.45, 7) is 1.88. The molecule has 1 aliphatic heterocycles. The summed E-state index contributed by atoms with van der Waals surface area (Å²) in [6, 6.07) is 4.95. The number of hydrogen-bond acceptors (Lipinski definition) is 2. The lowest BCUT2D eigenvalue weighted by Gasteiger charge is -2.30. The van der Waals surface area contributed by atoms with E-state index in [-0.39, 0.29) is 18.8 Å². The van der Waals surface area contributed by atoms with E-state index in [1.54, 1.807) is 18.2 Å². The Morgan fingerprint density at radius 1 is 1.44 bits per heavy atom. The van der Waals surface area contributed by atoms with Gasteiger partial charge in [0.25, 0.3) is 0 Å². The van der Waals surface area contributed by atoms with Gasteiger partial charge in [-0.3, -0.25) is 9.69 Å². The summed E-state index contributed by atoms with van der Waals surface area (Å²) < 4.78 is 42.7. The first-order valence-electron chi connectivity index (χ1n) is 5.58. The Labute approximate surface area is 102 Å². The SMILES string of the molecule is CCc1ccc2c(c1)N(C(=O)C(F)(F)F)CCO2. The van der Waals surface area contributed by atoms with Crippen LogP contribution in [-0.4, -0.2) is 25.2 Å². The van der Waals surface area contributed by atoms with Gasteiger partial charge < -0.3 is 4.74 Å².